The summed E-state index contributed by atoms with van der Waals surface area (Å²) in [6.07, 6.45) is 2.92. The minimum Gasteiger partial charge on any atom is -0.389 e. The van der Waals surface area contributed by atoms with Crippen molar-refractivity contribution in [1.29, 1.82) is 0 Å². The molecule has 0 aromatic carbocycles. The Morgan fingerprint density at radius 1 is 1.36 bits per heavy atom. The molecular weight excluding hydrogens is 324 g/mol. The van der Waals surface area contributed by atoms with Gasteiger partial charge in [-0.15, -0.1) is 11.3 Å². The summed E-state index contributed by atoms with van der Waals surface area (Å²) in [5.74, 6) is -0.0892. The molecule has 0 aliphatic carbocycles. The molecule has 2 atom stereocenters. The highest BCUT2D eigenvalue weighted by Crippen LogP contribution is 2.38. The van der Waals surface area contributed by atoms with Gasteiger partial charge < -0.3 is 10.0 Å². The fourth-order valence-corrected chi connectivity index (χ4v) is 5.09. The molecule has 1 aromatic heterocycles. The van der Waals surface area contributed by atoms with Gasteiger partial charge in [-0.05, 0) is 12.8 Å². The molecule has 2 aliphatic rings. The minimum absolute atomic E-state index is 0.0892. The summed E-state index contributed by atoms with van der Waals surface area (Å²) < 4.78 is 27.4. The van der Waals surface area contributed by atoms with Crippen molar-refractivity contribution in [2.45, 2.75) is 18.4 Å². The third kappa shape index (κ3) is 2.76. The number of rotatable bonds is 3. The van der Waals surface area contributed by atoms with Gasteiger partial charge in [-0.3, -0.25) is 0 Å². The summed E-state index contributed by atoms with van der Waals surface area (Å²) >= 11 is 1.57. The molecule has 7 nitrogen and oxygen atoms in total. The first-order chi connectivity index (χ1) is 10.3. The number of fused-ring (bicyclic) bond motifs is 1. The zero-order valence-corrected chi connectivity index (χ0v) is 14.5. The summed E-state index contributed by atoms with van der Waals surface area (Å²) in [5, 5.41) is 13.7. The van der Waals surface area contributed by atoms with Crippen molar-refractivity contribution < 1.29 is 13.5 Å². The van der Waals surface area contributed by atoms with E-state index in [1.165, 1.54) is 8.61 Å². The van der Waals surface area contributed by atoms with Gasteiger partial charge in [0.2, 0.25) is 0 Å². The van der Waals surface area contributed by atoms with Crippen molar-refractivity contribution in [1.82, 2.24) is 13.6 Å². The molecule has 2 aliphatic heterocycles. The number of aromatic nitrogens is 1. The molecule has 0 spiro atoms. The molecule has 3 rings (SSSR count). The summed E-state index contributed by atoms with van der Waals surface area (Å²) in [6, 6.07) is 0. The van der Waals surface area contributed by atoms with Gasteiger partial charge in [-0.1, -0.05) is 0 Å². The van der Waals surface area contributed by atoms with Gasteiger partial charge in [0.1, 0.15) is 0 Å². The van der Waals surface area contributed by atoms with Crippen LogP contribution in [0.2, 0.25) is 0 Å². The van der Waals surface area contributed by atoms with Crippen molar-refractivity contribution in [2.24, 2.45) is 5.92 Å². The van der Waals surface area contributed by atoms with Gasteiger partial charge >= 0.3 is 0 Å². The molecule has 0 bridgehead atoms. The standard InChI is InChI=1S/C13H22N4O3S2/c1-15(2)22(19,20)17-7-4-13(18)3-6-16(9-11(13)10-17)12-14-5-8-21-12/h5,8,11,18H,3-4,6-7,9-10H2,1-2H3/t11-,13-/m1/s1. The van der Waals surface area contributed by atoms with Crippen LogP contribution in [0.3, 0.4) is 0 Å². The molecule has 2 fully saturated rings. The summed E-state index contributed by atoms with van der Waals surface area (Å²) in [4.78, 5) is 6.47. The lowest BCUT2D eigenvalue weighted by atomic mass is 9.76. The normalized spacial score (nSPS) is 30.5. The van der Waals surface area contributed by atoms with E-state index in [9.17, 15) is 13.5 Å². The van der Waals surface area contributed by atoms with Crippen LogP contribution in [-0.2, 0) is 10.2 Å². The fraction of sp³-hybridized carbons (Fsp3) is 0.769. The van der Waals surface area contributed by atoms with E-state index < -0.39 is 15.8 Å². The molecule has 0 saturated carbocycles. The molecule has 22 heavy (non-hydrogen) atoms. The number of piperidine rings is 2. The van der Waals surface area contributed by atoms with Crippen molar-refractivity contribution in [3.63, 3.8) is 0 Å². The second kappa shape index (κ2) is 5.72. The smallest absolute Gasteiger partial charge is 0.281 e. The van der Waals surface area contributed by atoms with Gasteiger partial charge in [-0.2, -0.15) is 17.0 Å². The fourth-order valence-electron chi connectivity index (χ4n) is 3.26. The predicted molar refractivity (Wildman–Crippen MR) is 86.2 cm³/mol. The van der Waals surface area contributed by atoms with Crippen molar-refractivity contribution >= 4 is 26.7 Å². The minimum atomic E-state index is -3.42. The van der Waals surface area contributed by atoms with Crippen LogP contribution in [0.4, 0.5) is 5.13 Å². The van der Waals surface area contributed by atoms with Gasteiger partial charge in [0.25, 0.3) is 10.2 Å². The summed E-state index contributed by atoms with van der Waals surface area (Å²) in [6.45, 7) is 2.15. The van der Waals surface area contributed by atoms with E-state index in [0.717, 1.165) is 11.7 Å². The molecule has 0 amide bonds. The second-order valence-corrected chi connectivity index (χ2v) is 9.22. The Bertz CT molecular complexity index is 619. The highest BCUT2D eigenvalue weighted by molar-refractivity contribution is 7.86. The van der Waals surface area contributed by atoms with Crippen molar-refractivity contribution in [3.8, 4) is 0 Å². The zero-order valence-electron chi connectivity index (χ0n) is 12.8. The molecular formula is C13H22N4O3S2. The van der Waals surface area contributed by atoms with Gasteiger partial charge in [-0.25, -0.2) is 4.98 Å². The molecule has 3 heterocycles. The number of aliphatic hydroxyl groups is 1. The Labute approximate surface area is 135 Å². The summed E-state index contributed by atoms with van der Waals surface area (Å²) in [7, 11) is -0.343. The maximum atomic E-state index is 12.3. The zero-order chi connectivity index (χ0) is 16.0. The Hall–Kier alpha value is -0.740. The number of thiazole rings is 1. The van der Waals surface area contributed by atoms with E-state index in [2.05, 4.69) is 9.88 Å². The Morgan fingerprint density at radius 2 is 2.09 bits per heavy atom. The lowest BCUT2D eigenvalue weighted by Gasteiger charge is -2.49. The topological polar surface area (TPSA) is 77.0 Å². The van der Waals surface area contributed by atoms with E-state index in [4.69, 9.17) is 0 Å². The van der Waals surface area contributed by atoms with E-state index in [1.54, 1.807) is 31.6 Å². The summed E-state index contributed by atoms with van der Waals surface area (Å²) in [5.41, 5.74) is -0.758. The van der Waals surface area contributed by atoms with E-state index >= 15 is 0 Å². The SMILES string of the molecule is CN(C)S(=O)(=O)N1CC[C@]2(O)CCN(c3nccs3)C[C@@H]2C1. The van der Waals surface area contributed by atoms with Gasteiger partial charge in [0.15, 0.2) is 5.13 Å². The van der Waals surface area contributed by atoms with Crippen LogP contribution >= 0.6 is 11.3 Å². The third-order valence-corrected chi connectivity index (χ3v) is 7.45. The molecule has 1 aromatic rings. The van der Waals surface area contributed by atoms with Crippen LogP contribution < -0.4 is 4.90 Å². The maximum absolute atomic E-state index is 12.3. The van der Waals surface area contributed by atoms with Crippen molar-refractivity contribution in [2.75, 3.05) is 45.2 Å². The van der Waals surface area contributed by atoms with E-state index in [1.807, 2.05) is 5.38 Å². The lowest BCUT2D eigenvalue weighted by molar-refractivity contribution is -0.0693. The highest BCUT2D eigenvalue weighted by atomic mass is 32.2. The van der Waals surface area contributed by atoms with Crippen LogP contribution in [0, 0.1) is 5.92 Å². The number of nitrogens with zero attached hydrogens (tertiary/aromatic N) is 4. The number of anilines is 1. The highest BCUT2D eigenvalue weighted by Gasteiger charge is 2.47. The van der Waals surface area contributed by atoms with Gasteiger partial charge in [0, 0.05) is 57.8 Å². The average Bonchev–Trinajstić information content (AvgIpc) is 2.99. The number of hydrogen-bond acceptors (Lipinski definition) is 6. The van der Waals surface area contributed by atoms with Gasteiger partial charge in [0.05, 0.1) is 5.60 Å². The van der Waals surface area contributed by atoms with Crippen molar-refractivity contribution in [3.05, 3.63) is 11.6 Å². The molecule has 124 valence electrons. The van der Waals surface area contributed by atoms with E-state index in [-0.39, 0.29) is 5.92 Å². The molecule has 0 unspecified atom stereocenters. The Kier molecular flexibility index (Phi) is 4.19. The lowest BCUT2D eigenvalue weighted by Crippen LogP contribution is -2.61. The third-order valence-electron chi connectivity index (χ3n) is 4.71. The first-order valence-electron chi connectivity index (χ1n) is 7.37. The second-order valence-electron chi connectivity index (χ2n) is 6.21. The van der Waals surface area contributed by atoms with Crippen LogP contribution in [0.15, 0.2) is 11.6 Å². The first kappa shape index (κ1) is 16.1. The van der Waals surface area contributed by atoms with Crippen LogP contribution in [0.1, 0.15) is 12.8 Å². The first-order valence-corrected chi connectivity index (χ1v) is 9.65. The van der Waals surface area contributed by atoms with Crippen LogP contribution in [0.25, 0.3) is 0 Å². The monoisotopic (exact) mass is 346 g/mol. The number of hydrogen-bond donors (Lipinski definition) is 1. The predicted octanol–water partition coefficient (Wildman–Crippen LogP) is 0.213. The van der Waals surface area contributed by atoms with Crippen LogP contribution in [-0.4, -0.2) is 73.0 Å². The Balaban J connectivity index is 1.77. The quantitative estimate of drug-likeness (QED) is 0.847. The van der Waals surface area contributed by atoms with Crippen LogP contribution in [0.5, 0.6) is 0 Å². The molecule has 0 radical (unpaired) electrons. The molecule has 1 N–H and O–H groups in total. The largest absolute Gasteiger partial charge is 0.389 e. The Morgan fingerprint density at radius 3 is 2.73 bits per heavy atom. The maximum Gasteiger partial charge on any atom is 0.281 e. The van der Waals surface area contributed by atoms with E-state index in [0.29, 0.717) is 32.5 Å². The average molecular weight is 346 g/mol. The molecule has 9 heteroatoms. The molecule has 2 saturated heterocycles.